The molecule has 2 aliphatic rings. The average molecular weight is 288 g/mol. The second-order valence-corrected chi connectivity index (χ2v) is 6.40. The van der Waals surface area contributed by atoms with Crippen molar-refractivity contribution in [1.29, 1.82) is 0 Å². The van der Waals surface area contributed by atoms with Gasteiger partial charge in [0.2, 0.25) is 0 Å². The second-order valence-electron chi connectivity index (χ2n) is 6.40. The summed E-state index contributed by atoms with van der Waals surface area (Å²) >= 11 is 0. The van der Waals surface area contributed by atoms with Crippen molar-refractivity contribution >= 4 is 5.69 Å². The summed E-state index contributed by atoms with van der Waals surface area (Å²) in [6, 6.07) is 9.17. The van der Waals surface area contributed by atoms with Crippen LogP contribution in [0, 0.1) is 0 Å². The first-order chi connectivity index (χ1) is 10.3. The van der Waals surface area contributed by atoms with Crippen molar-refractivity contribution in [3.8, 4) is 5.75 Å². The molecule has 1 N–H and O–H groups in total. The molecule has 116 valence electrons. The summed E-state index contributed by atoms with van der Waals surface area (Å²) in [5.41, 5.74) is 1.23. The molecule has 0 radical (unpaired) electrons. The lowest BCUT2D eigenvalue weighted by atomic mass is 10.0. The molecule has 1 heterocycles. The maximum Gasteiger partial charge on any atom is 0.119 e. The fourth-order valence-corrected chi connectivity index (χ4v) is 3.46. The highest BCUT2D eigenvalue weighted by molar-refractivity contribution is 5.47. The molecule has 2 fully saturated rings. The van der Waals surface area contributed by atoms with Crippen molar-refractivity contribution < 1.29 is 4.74 Å². The molecule has 1 saturated heterocycles. The second kappa shape index (κ2) is 7.17. The minimum Gasteiger partial charge on any atom is -0.490 e. The third kappa shape index (κ3) is 4.13. The highest BCUT2D eigenvalue weighted by Gasteiger charge is 2.18. The molecule has 0 bridgehead atoms. The minimum absolute atomic E-state index is 0.446. The van der Waals surface area contributed by atoms with Gasteiger partial charge >= 0.3 is 0 Å². The number of nitrogens with one attached hydrogen (secondary N) is 1. The number of hydrogen-bond donors (Lipinski definition) is 1. The third-order valence-electron chi connectivity index (χ3n) is 4.86. The predicted molar refractivity (Wildman–Crippen MR) is 88.1 cm³/mol. The van der Waals surface area contributed by atoms with Gasteiger partial charge in [0, 0.05) is 24.8 Å². The predicted octanol–water partition coefficient (Wildman–Crippen LogP) is 3.90. The molecule has 0 aromatic heterocycles. The van der Waals surface area contributed by atoms with Crippen LogP contribution in [-0.4, -0.2) is 36.7 Å². The van der Waals surface area contributed by atoms with Crippen LogP contribution >= 0.6 is 0 Å². The number of piperidine rings is 1. The van der Waals surface area contributed by atoms with Crippen molar-refractivity contribution in [2.24, 2.45) is 0 Å². The van der Waals surface area contributed by atoms with Crippen LogP contribution in [0.1, 0.15) is 45.4 Å². The summed E-state index contributed by atoms with van der Waals surface area (Å²) in [7, 11) is 0. The molecule has 0 unspecified atom stereocenters. The van der Waals surface area contributed by atoms with Gasteiger partial charge in [-0.15, -0.1) is 0 Å². The van der Waals surface area contributed by atoms with Crippen molar-refractivity contribution in [1.82, 2.24) is 4.90 Å². The van der Waals surface area contributed by atoms with Gasteiger partial charge in [0.25, 0.3) is 0 Å². The van der Waals surface area contributed by atoms with Crippen LogP contribution in [0.25, 0.3) is 0 Å². The first-order valence-corrected chi connectivity index (χ1v) is 8.59. The van der Waals surface area contributed by atoms with Gasteiger partial charge in [-0.1, -0.05) is 6.92 Å². The Kier molecular flexibility index (Phi) is 5.02. The zero-order valence-electron chi connectivity index (χ0n) is 13.2. The number of hydrogen-bond acceptors (Lipinski definition) is 3. The summed E-state index contributed by atoms with van der Waals surface area (Å²) in [5, 5.41) is 3.66. The SMILES string of the molecule is CCN1CCC(Nc2ccc(OC3CCCC3)cc2)CC1. The number of anilines is 1. The van der Waals surface area contributed by atoms with Crippen LogP contribution in [0.4, 0.5) is 5.69 Å². The van der Waals surface area contributed by atoms with Gasteiger partial charge in [-0.25, -0.2) is 0 Å². The van der Waals surface area contributed by atoms with E-state index in [9.17, 15) is 0 Å². The standard InChI is InChI=1S/C18H28N2O/c1-2-20-13-11-16(12-14-20)19-15-7-9-18(10-8-15)21-17-5-3-4-6-17/h7-10,16-17,19H,2-6,11-14H2,1H3. The number of benzene rings is 1. The Balaban J connectivity index is 1.48. The highest BCUT2D eigenvalue weighted by atomic mass is 16.5. The van der Waals surface area contributed by atoms with E-state index in [2.05, 4.69) is 41.4 Å². The molecule has 1 aromatic rings. The van der Waals surface area contributed by atoms with Gasteiger partial charge in [0.05, 0.1) is 6.10 Å². The molecular weight excluding hydrogens is 260 g/mol. The quantitative estimate of drug-likeness (QED) is 0.889. The molecular formula is C18H28N2O. The van der Waals surface area contributed by atoms with E-state index < -0.39 is 0 Å². The number of nitrogens with zero attached hydrogens (tertiary/aromatic N) is 1. The molecule has 1 aliphatic carbocycles. The van der Waals surface area contributed by atoms with Crippen molar-refractivity contribution in [3.05, 3.63) is 24.3 Å². The van der Waals surface area contributed by atoms with E-state index in [-0.39, 0.29) is 0 Å². The molecule has 0 atom stereocenters. The van der Waals surface area contributed by atoms with Crippen LogP contribution < -0.4 is 10.1 Å². The normalized spacial score (nSPS) is 21.6. The molecule has 0 spiro atoms. The van der Waals surface area contributed by atoms with Crippen LogP contribution in [-0.2, 0) is 0 Å². The van der Waals surface area contributed by atoms with Crippen molar-refractivity contribution in [2.75, 3.05) is 25.0 Å². The molecule has 3 heteroatoms. The number of likely N-dealkylation sites (tertiary alicyclic amines) is 1. The van der Waals surface area contributed by atoms with E-state index in [1.54, 1.807) is 0 Å². The van der Waals surface area contributed by atoms with Gasteiger partial charge in [-0.05, 0) is 69.3 Å². The Hall–Kier alpha value is -1.22. The Labute approximate surface area is 128 Å². The Bertz CT molecular complexity index is 417. The highest BCUT2D eigenvalue weighted by Crippen LogP contribution is 2.25. The fourth-order valence-electron chi connectivity index (χ4n) is 3.46. The number of rotatable bonds is 5. The van der Waals surface area contributed by atoms with E-state index in [0.29, 0.717) is 12.1 Å². The van der Waals surface area contributed by atoms with Crippen molar-refractivity contribution in [2.45, 2.75) is 57.6 Å². The minimum atomic E-state index is 0.446. The first kappa shape index (κ1) is 14.7. The van der Waals surface area contributed by atoms with Gasteiger partial charge in [0.1, 0.15) is 5.75 Å². The Morgan fingerprint density at radius 2 is 1.71 bits per heavy atom. The lowest BCUT2D eigenvalue weighted by molar-refractivity contribution is 0.210. The summed E-state index contributed by atoms with van der Waals surface area (Å²) in [4.78, 5) is 2.52. The lowest BCUT2D eigenvalue weighted by Gasteiger charge is -2.32. The molecule has 3 rings (SSSR count). The monoisotopic (exact) mass is 288 g/mol. The van der Waals surface area contributed by atoms with E-state index in [1.165, 1.54) is 63.8 Å². The van der Waals surface area contributed by atoms with E-state index in [0.717, 1.165) is 5.75 Å². The summed E-state index contributed by atoms with van der Waals surface area (Å²) in [5.74, 6) is 1.02. The van der Waals surface area contributed by atoms with Gasteiger partial charge in [-0.3, -0.25) is 0 Å². The Morgan fingerprint density at radius 3 is 2.33 bits per heavy atom. The third-order valence-corrected chi connectivity index (χ3v) is 4.86. The maximum absolute atomic E-state index is 6.01. The van der Waals surface area contributed by atoms with Crippen LogP contribution in [0.3, 0.4) is 0 Å². The van der Waals surface area contributed by atoms with Gasteiger partial charge in [-0.2, -0.15) is 0 Å². The van der Waals surface area contributed by atoms with Crippen LogP contribution in [0.5, 0.6) is 5.75 Å². The summed E-state index contributed by atoms with van der Waals surface area (Å²) < 4.78 is 6.01. The summed E-state index contributed by atoms with van der Waals surface area (Å²) in [6.45, 7) is 5.87. The molecule has 1 aromatic carbocycles. The fraction of sp³-hybridized carbons (Fsp3) is 0.667. The van der Waals surface area contributed by atoms with Gasteiger partial charge in [0.15, 0.2) is 0 Å². The van der Waals surface area contributed by atoms with Crippen molar-refractivity contribution in [3.63, 3.8) is 0 Å². The zero-order valence-corrected chi connectivity index (χ0v) is 13.2. The van der Waals surface area contributed by atoms with E-state index in [1.807, 2.05) is 0 Å². The molecule has 1 aliphatic heterocycles. The van der Waals surface area contributed by atoms with Gasteiger partial charge < -0.3 is 15.0 Å². The first-order valence-electron chi connectivity index (χ1n) is 8.59. The molecule has 21 heavy (non-hydrogen) atoms. The average Bonchev–Trinajstić information content (AvgIpc) is 3.03. The van der Waals surface area contributed by atoms with E-state index in [4.69, 9.17) is 4.74 Å². The van der Waals surface area contributed by atoms with Crippen LogP contribution in [0.15, 0.2) is 24.3 Å². The largest absolute Gasteiger partial charge is 0.490 e. The Morgan fingerprint density at radius 1 is 1.05 bits per heavy atom. The maximum atomic E-state index is 6.01. The topological polar surface area (TPSA) is 24.5 Å². The lowest BCUT2D eigenvalue weighted by Crippen LogP contribution is -2.38. The summed E-state index contributed by atoms with van der Waals surface area (Å²) in [6.07, 6.45) is 8.01. The molecule has 0 amide bonds. The van der Waals surface area contributed by atoms with Crippen LogP contribution in [0.2, 0.25) is 0 Å². The molecule has 3 nitrogen and oxygen atoms in total. The zero-order chi connectivity index (χ0) is 14.5. The number of ether oxygens (including phenoxy) is 1. The molecule has 1 saturated carbocycles. The smallest absolute Gasteiger partial charge is 0.119 e. The van der Waals surface area contributed by atoms with E-state index >= 15 is 0 Å².